The SMILES string of the molecule is CCCCCN(C)C(CN)c1ccc(Cl)s1. The summed E-state index contributed by atoms with van der Waals surface area (Å²) in [6.07, 6.45) is 3.78. The van der Waals surface area contributed by atoms with E-state index in [1.807, 2.05) is 6.07 Å². The second-order valence-corrected chi connectivity index (χ2v) is 5.83. The average molecular weight is 261 g/mol. The molecule has 1 heterocycles. The average Bonchev–Trinajstić information content (AvgIpc) is 2.66. The van der Waals surface area contributed by atoms with Crippen LogP contribution in [0.25, 0.3) is 0 Å². The molecule has 1 aromatic rings. The Kier molecular flexibility index (Phi) is 6.36. The molecule has 2 nitrogen and oxygen atoms in total. The molecule has 0 aliphatic heterocycles. The Bertz CT molecular complexity index is 301. The molecule has 0 spiro atoms. The molecule has 16 heavy (non-hydrogen) atoms. The maximum absolute atomic E-state index is 5.95. The number of likely N-dealkylation sites (N-methyl/N-ethyl adjacent to an activating group) is 1. The van der Waals surface area contributed by atoms with Crippen LogP contribution in [0.3, 0.4) is 0 Å². The normalized spacial score (nSPS) is 13.3. The fraction of sp³-hybridized carbons (Fsp3) is 0.667. The predicted octanol–water partition coefficient (Wildman–Crippen LogP) is 3.52. The summed E-state index contributed by atoms with van der Waals surface area (Å²) in [4.78, 5) is 3.60. The van der Waals surface area contributed by atoms with Gasteiger partial charge in [0.2, 0.25) is 0 Å². The van der Waals surface area contributed by atoms with Crippen molar-refractivity contribution in [2.24, 2.45) is 5.73 Å². The first-order valence-electron chi connectivity index (χ1n) is 5.84. The third-order valence-electron chi connectivity index (χ3n) is 2.79. The summed E-state index contributed by atoms with van der Waals surface area (Å²) in [6, 6.07) is 4.35. The Morgan fingerprint density at radius 3 is 2.69 bits per heavy atom. The van der Waals surface area contributed by atoms with Crippen LogP contribution in [-0.2, 0) is 0 Å². The van der Waals surface area contributed by atoms with Gasteiger partial charge in [-0.2, -0.15) is 0 Å². The Morgan fingerprint density at radius 1 is 1.44 bits per heavy atom. The quantitative estimate of drug-likeness (QED) is 0.760. The summed E-state index contributed by atoms with van der Waals surface area (Å²) in [5, 5.41) is 0. The molecular weight excluding hydrogens is 240 g/mol. The molecule has 92 valence electrons. The number of hydrogen-bond donors (Lipinski definition) is 1. The number of rotatable bonds is 7. The number of thiophene rings is 1. The second kappa shape index (κ2) is 7.28. The fourth-order valence-electron chi connectivity index (χ4n) is 1.79. The molecule has 4 heteroatoms. The zero-order valence-corrected chi connectivity index (χ0v) is 11.7. The molecule has 0 aliphatic rings. The lowest BCUT2D eigenvalue weighted by molar-refractivity contribution is 0.248. The van der Waals surface area contributed by atoms with Gasteiger partial charge in [-0.3, -0.25) is 4.90 Å². The molecule has 0 aliphatic carbocycles. The smallest absolute Gasteiger partial charge is 0.0931 e. The molecule has 0 aromatic carbocycles. The van der Waals surface area contributed by atoms with Gasteiger partial charge in [0.25, 0.3) is 0 Å². The van der Waals surface area contributed by atoms with Crippen LogP contribution in [0.2, 0.25) is 4.34 Å². The number of nitrogens with zero attached hydrogens (tertiary/aromatic N) is 1. The molecule has 0 saturated carbocycles. The van der Waals surface area contributed by atoms with E-state index in [2.05, 4.69) is 24.9 Å². The van der Waals surface area contributed by atoms with Crippen molar-refractivity contribution in [1.29, 1.82) is 0 Å². The monoisotopic (exact) mass is 260 g/mol. The lowest BCUT2D eigenvalue weighted by Crippen LogP contribution is -2.30. The summed E-state index contributed by atoms with van der Waals surface area (Å²) in [5.41, 5.74) is 5.84. The third kappa shape index (κ3) is 4.06. The van der Waals surface area contributed by atoms with Gasteiger partial charge in [0.1, 0.15) is 0 Å². The Labute approximate surface area is 107 Å². The van der Waals surface area contributed by atoms with E-state index in [9.17, 15) is 0 Å². The van der Waals surface area contributed by atoms with Crippen molar-refractivity contribution in [2.45, 2.75) is 32.2 Å². The molecule has 0 fully saturated rings. The van der Waals surface area contributed by atoms with Gasteiger partial charge in [-0.05, 0) is 32.1 Å². The van der Waals surface area contributed by atoms with Gasteiger partial charge in [-0.25, -0.2) is 0 Å². The van der Waals surface area contributed by atoms with E-state index in [1.165, 1.54) is 24.1 Å². The molecule has 1 rings (SSSR count). The van der Waals surface area contributed by atoms with E-state index < -0.39 is 0 Å². The standard InChI is InChI=1S/C12H21ClN2S/c1-3-4-5-8-15(2)10(9-14)11-6-7-12(13)16-11/h6-7,10H,3-5,8-9,14H2,1-2H3. The highest BCUT2D eigenvalue weighted by Gasteiger charge is 2.16. The van der Waals surface area contributed by atoms with Crippen molar-refractivity contribution in [1.82, 2.24) is 4.90 Å². The first-order valence-corrected chi connectivity index (χ1v) is 7.04. The number of nitrogens with two attached hydrogens (primary N) is 1. The molecule has 0 radical (unpaired) electrons. The summed E-state index contributed by atoms with van der Waals surface area (Å²) >= 11 is 7.58. The van der Waals surface area contributed by atoms with Gasteiger partial charge in [0, 0.05) is 11.4 Å². The van der Waals surface area contributed by atoms with Crippen LogP contribution in [0.5, 0.6) is 0 Å². The van der Waals surface area contributed by atoms with Gasteiger partial charge < -0.3 is 5.73 Å². The molecule has 2 N–H and O–H groups in total. The zero-order chi connectivity index (χ0) is 12.0. The summed E-state index contributed by atoms with van der Waals surface area (Å²) < 4.78 is 0.843. The highest BCUT2D eigenvalue weighted by Crippen LogP contribution is 2.29. The highest BCUT2D eigenvalue weighted by atomic mass is 35.5. The van der Waals surface area contributed by atoms with Gasteiger partial charge in [0.05, 0.1) is 10.4 Å². The fourth-order valence-corrected chi connectivity index (χ4v) is 3.03. The first kappa shape index (κ1) is 14.0. The minimum atomic E-state index is 0.314. The first-order chi connectivity index (χ1) is 7.69. The largest absolute Gasteiger partial charge is 0.329 e. The van der Waals surface area contributed by atoms with Crippen LogP contribution in [0.1, 0.15) is 37.1 Å². The van der Waals surface area contributed by atoms with Crippen LogP contribution in [0.15, 0.2) is 12.1 Å². The van der Waals surface area contributed by atoms with Gasteiger partial charge in [0.15, 0.2) is 0 Å². The van der Waals surface area contributed by atoms with Crippen molar-refractivity contribution in [3.05, 3.63) is 21.3 Å². The van der Waals surface area contributed by atoms with E-state index in [0.717, 1.165) is 10.9 Å². The zero-order valence-electron chi connectivity index (χ0n) is 10.1. The lowest BCUT2D eigenvalue weighted by atomic mass is 10.2. The highest BCUT2D eigenvalue weighted by molar-refractivity contribution is 7.16. The van der Waals surface area contributed by atoms with Crippen molar-refractivity contribution in [3.8, 4) is 0 Å². The second-order valence-electron chi connectivity index (χ2n) is 4.08. The van der Waals surface area contributed by atoms with E-state index in [-0.39, 0.29) is 0 Å². The van der Waals surface area contributed by atoms with E-state index >= 15 is 0 Å². The molecule has 1 unspecified atom stereocenters. The molecule has 0 bridgehead atoms. The molecule has 1 atom stereocenters. The van der Waals surface area contributed by atoms with Crippen LogP contribution in [0.4, 0.5) is 0 Å². The Hall–Kier alpha value is -0.0900. The number of hydrogen-bond acceptors (Lipinski definition) is 3. The van der Waals surface area contributed by atoms with Crippen molar-refractivity contribution >= 4 is 22.9 Å². The minimum Gasteiger partial charge on any atom is -0.329 e. The Morgan fingerprint density at radius 2 is 2.19 bits per heavy atom. The summed E-state index contributed by atoms with van der Waals surface area (Å²) in [7, 11) is 2.14. The van der Waals surface area contributed by atoms with E-state index in [4.69, 9.17) is 17.3 Å². The van der Waals surface area contributed by atoms with Crippen molar-refractivity contribution < 1.29 is 0 Å². The number of halogens is 1. The molecular formula is C12H21ClN2S. The topological polar surface area (TPSA) is 29.3 Å². The predicted molar refractivity (Wildman–Crippen MR) is 73.3 cm³/mol. The van der Waals surface area contributed by atoms with Crippen LogP contribution >= 0.6 is 22.9 Å². The Balaban J connectivity index is 2.53. The van der Waals surface area contributed by atoms with E-state index in [0.29, 0.717) is 12.6 Å². The van der Waals surface area contributed by atoms with Gasteiger partial charge >= 0.3 is 0 Å². The van der Waals surface area contributed by atoms with Crippen LogP contribution in [0, 0.1) is 0 Å². The lowest BCUT2D eigenvalue weighted by Gasteiger charge is -2.25. The number of unbranched alkanes of at least 4 members (excludes halogenated alkanes) is 2. The minimum absolute atomic E-state index is 0.314. The maximum atomic E-state index is 5.95. The van der Waals surface area contributed by atoms with Crippen LogP contribution < -0.4 is 5.73 Å². The van der Waals surface area contributed by atoms with E-state index in [1.54, 1.807) is 11.3 Å². The maximum Gasteiger partial charge on any atom is 0.0931 e. The van der Waals surface area contributed by atoms with Crippen LogP contribution in [-0.4, -0.2) is 25.0 Å². The molecule has 0 amide bonds. The van der Waals surface area contributed by atoms with Crippen molar-refractivity contribution in [3.63, 3.8) is 0 Å². The summed E-state index contributed by atoms with van der Waals surface area (Å²) in [6.45, 7) is 3.98. The van der Waals surface area contributed by atoms with Gasteiger partial charge in [-0.15, -0.1) is 11.3 Å². The molecule has 1 aromatic heterocycles. The summed E-state index contributed by atoms with van der Waals surface area (Å²) in [5.74, 6) is 0. The van der Waals surface area contributed by atoms with Gasteiger partial charge in [-0.1, -0.05) is 31.4 Å². The molecule has 0 saturated heterocycles. The van der Waals surface area contributed by atoms with Crippen molar-refractivity contribution in [2.75, 3.05) is 20.1 Å². The third-order valence-corrected chi connectivity index (χ3v) is 4.12.